The lowest BCUT2D eigenvalue weighted by Gasteiger charge is -2.10. The predicted octanol–water partition coefficient (Wildman–Crippen LogP) is 6.56. The second kappa shape index (κ2) is 7.88. The number of nitrogens with zero attached hydrogens (tertiary/aromatic N) is 2. The molecule has 0 saturated carbocycles. The number of aryl methyl sites for hydroxylation is 1. The zero-order valence-corrected chi connectivity index (χ0v) is 16.8. The molecule has 0 aliphatic rings. The fourth-order valence-corrected chi connectivity index (χ4v) is 3.64. The third-order valence-electron chi connectivity index (χ3n) is 5.27. The van der Waals surface area contributed by atoms with Crippen LogP contribution in [-0.2, 0) is 6.61 Å². The first-order chi connectivity index (χ1) is 14.8. The molecule has 146 valence electrons. The minimum absolute atomic E-state index is 0.567. The number of pyridine rings is 1. The van der Waals surface area contributed by atoms with Gasteiger partial charge >= 0.3 is 0 Å². The van der Waals surface area contributed by atoms with Crippen molar-refractivity contribution in [3.63, 3.8) is 0 Å². The van der Waals surface area contributed by atoms with Crippen molar-refractivity contribution in [1.29, 1.82) is 0 Å². The summed E-state index contributed by atoms with van der Waals surface area (Å²) in [6, 6.07) is 31.0. The minimum atomic E-state index is 0.567. The van der Waals surface area contributed by atoms with Crippen LogP contribution in [0, 0.1) is 6.92 Å². The van der Waals surface area contributed by atoms with E-state index in [4.69, 9.17) is 9.72 Å². The van der Waals surface area contributed by atoms with Gasteiger partial charge < -0.3 is 9.14 Å². The van der Waals surface area contributed by atoms with Gasteiger partial charge in [0.15, 0.2) is 0 Å². The highest BCUT2D eigenvalue weighted by atomic mass is 16.5. The Balaban J connectivity index is 1.40. The van der Waals surface area contributed by atoms with E-state index in [1.807, 2.05) is 30.3 Å². The highest BCUT2D eigenvalue weighted by Gasteiger charge is 2.09. The molecule has 2 aromatic heterocycles. The lowest BCUT2D eigenvalue weighted by molar-refractivity contribution is 0.304. The fourth-order valence-electron chi connectivity index (χ4n) is 3.64. The van der Waals surface area contributed by atoms with E-state index in [1.165, 1.54) is 11.1 Å². The van der Waals surface area contributed by atoms with E-state index in [0.29, 0.717) is 6.61 Å². The molecule has 0 unspecified atom stereocenters. The molecule has 0 aliphatic heterocycles. The van der Waals surface area contributed by atoms with Gasteiger partial charge in [-0.25, -0.2) is 4.98 Å². The van der Waals surface area contributed by atoms with Crippen LogP contribution < -0.4 is 4.74 Å². The van der Waals surface area contributed by atoms with Crippen molar-refractivity contribution in [2.45, 2.75) is 13.5 Å². The zero-order valence-electron chi connectivity index (χ0n) is 16.8. The maximum atomic E-state index is 6.01. The first-order valence-electron chi connectivity index (χ1n) is 10.1. The highest BCUT2D eigenvalue weighted by Crippen LogP contribution is 2.28. The second-order valence-corrected chi connectivity index (χ2v) is 7.43. The molecule has 0 radical (unpaired) electrons. The number of hydrogen-bond donors (Lipinski definition) is 0. The molecule has 0 N–H and O–H groups in total. The van der Waals surface area contributed by atoms with E-state index in [9.17, 15) is 0 Å². The molecule has 0 atom stereocenters. The molecule has 0 fully saturated rings. The summed E-state index contributed by atoms with van der Waals surface area (Å²) in [6.45, 7) is 2.64. The van der Waals surface area contributed by atoms with E-state index in [0.717, 1.165) is 33.8 Å². The van der Waals surface area contributed by atoms with Gasteiger partial charge in [-0.2, -0.15) is 0 Å². The van der Waals surface area contributed by atoms with Crippen molar-refractivity contribution in [1.82, 2.24) is 9.38 Å². The Labute approximate surface area is 176 Å². The van der Waals surface area contributed by atoms with E-state index < -0.39 is 0 Å². The van der Waals surface area contributed by atoms with Crippen molar-refractivity contribution >= 4 is 5.65 Å². The van der Waals surface area contributed by atoms with Gasteiger partial charge in [-0.1, -0.05) is 60.7 Å². The van der Waals surface area contributed by atoms with Crippen LogP contribution in [0.3, 0.4) is 0 Å². The number of fused-ring (bicyclic) bond motifs is 1. The first-order valence-corrected chi connectivity index (χ1v) is 10.1. The summed E-state index contributed by atoms with van der Waals surface area (Å²) in [4.78, 5) is 4.80. The van der Waals surface area contributed by atoms with Crippen molar-refractivity contribution in [3.8, 4) is 28.1 Å². The summed E-state index contributed by atoms with van der Waals surface area (Å²) >= 11 is 0. The first kappa shape index (κ1) is 18.2. The smallest absolute Gasteiger partial charge is 0.137 e. The average Bonchev–Trinajstić information content (AvgIpc) is 3.23. The molecular formula is C27H22N2O. The van der Waals surface area contributed by atoms with Crippen LogP contribution in [0.4, 0.5) is 0 Å². The Morgan fingerprint density at radius 3 is 2.23 bits per heavy atom. The largest absolute Gasteiger partial charge is 0.489 e. The maximum Gasteiger partial charge on any atom is 0.137 e. The predicted molar refractivity (Wildman–Crippen MR) is 122 cm³/mol. The quantitative estimate of drug-likeness (QED) is 0.340. The molecule has 5 rings (SSSR count). The lowest BCUT2D eigenvalue weighted by atomic mass is 10.1. The number of aromatic nitrogens is 2. The van der Waals surface area contributed by atoms with Gasteiger partial charge in [-0.15, -0.1) is 0 Å². The molecule has 0 amide bonds. The molecule has 30 heavy (non-hydrogen) atoms. The minimum Gasteiger partial charge on any atom is -0.489 e. The molecule has 2 heterocycles. The number of rotatable bonds is 5. The summed E-state index contributed by atoms with van der Waals surface area (Å²) in [6.07, 6.45) is 4.21. The van der Waals surface area contributed by atoms with Gasteiger partial charge in [-0.3, -0.25) is 0 Å². The third kappa shape index (κ3) is 3.70. The van der Waals surface area contributed by atoms with Crippen molar-refractivity contribution in [3.05, 3.63) is 115 Å². The average molecular weight is 390 g/mol. The second-order valence-electron chi connectivity index (χ2n) is 7.43. The van der Waals surface area contributed by atoms with Crippen LogP contribution >= 0.6 is 0 Å². The van der Waals surface area contributed by atoms with Crippen LogP contribution in [0.15, 0.2) is 103 Å². The summed E-state index contributed by atoms with van der Waals surface area (Å²) in [5, 5.41) is 0. The van der Waals surface area contributed by atoms with Crippen LogP contribution in [0.25, 0.3) is 28.0 Å². The monoisotopic (exact) mass is 390 g/mol. The summed E-state index contributed by atoms with van der Waals surface area (Å²) in [5.74, 6) is 0.901. The Bertz CT molecular complexity index is 1290. The van der Waals surface area contributed by atoms with Crippen molar-refractivity contribution in [2.24, 2.45) is 0 Å². The number of ether oxygens (including phenoxy) is 1. The molecule has 0 spiro atoms. The molecule has 3 heteroatoms. The SMILES string of the molecule is Cc1cc(-c2cn3cc(-c4ccccc4)ccc3n2)ccc1OCc1ccccc1. The summed E-state index contributed by atoms with van der Waals surface area (Å²) in [7, 11) is 0. The van der Waals surface area contributed by atoms with E-state index >= 15 is 0 Å². The van der Waals surface area contributed by atoms with Gasteiger partial charge in [-0.05, 0) is 59.5 Å². The Morgan fingerprint density at radius 1 is 0.733 bits per heavy atom. The molecule has 3 nitrogen and oxygen atoms in total. The van der Waals surface area contributed by atoms with Gasteiger partial charge in [0, 0.05) is 18.0 Å². The topological polar surface area (TPSA) is 26.5 Å². The van der Waals surface area contributed by atoms with Crippen LogP contribution in [0.2, 0.25) is 0 Å². The lowest BCUT2D eigenvalue weighted by Crippen LogP contribution is -1.96. The number of imidazole rings is 1. The van der Waals surface area contributed by atoms with Crippen LogP contribution in [0.1, 0.15) is 11.1 Å². The maximum absolute atomic E-state index is 6.01. The Kier molecular flexibility index (Phi) is 4.78. The molecule has 5 aromatic rings. The van der Waals surface area contributed by atoms with Gasteiger partial charge in [0.2, 0.25) is 0 Å². The van der Waals surface area contributed by atoms with Crippen molar-refractivity contribution in [2.75, 3.05) is 0 Å². The number of benzene rings is 3. The van der Waals surface area contributed by atoms with Crippen LogP contribution in [-0.4, -0.2) is 9.38 Å². The third-order valence-corrected chi connectivity index (χ3v) is 5.27. The van der Waals surface area contributed by atoms with E-state index in [1.54, 1.807) is 0 Å². The highest BCUT2D eigenvalue weighted by molar-refractivity contribution is 5.68. The normalized spacial score (nSPS) is 11.0. The molecule has 0 bridgehead atoms. The zero-order chi connectivity index (χ0) is 20.3. The fraction of sp³-hybridized carbons (Fsp3) is 0.0741. The molecule has 0 saturated heterocycles. The van der Waals surface area contributed by atoms with Gasteiger partial charge in [0.1, 0.15) is 18.0 Å². The summed E-state index contributed by atoms with van der Waals surface area (Å²) < 4.78 is 8.10. The number of hydrogen-bond acceptors (Lipinski definition) is 2. The van der Waals surface area contributed by atoms with Gasteiger partial charge in [0.05, 0.1) is 5.69 Å². The van der Waals surface area contributed by atoms with Gasteiger partial charge in [0.25, 0.3) is 0 Å². The van der Waals surface area contributed by atoms with E-state index in [2.05, 4.69) is 84.4 Å². The molecule has 0 aliphatic carbocycles. The van der Waals surface area contributed by atoms with E-state index in [-0.39, 0.29) is 0 Å². The Hall–Kier alpha value is -3.85. The molecular weight excluding hydrogens is 368 g/mol. The summed E-state index contributed by atoms with van der Waals surface area (Å²) in [5.41, 5.74) is 7.62. The molecule has 3 aromatic carbocycles. The Morgan fingerprint density at radius 2 is 1.47 bits per heavy atom. The van der Waals surface area contributed by atoms with Crippen molar-refractivity contribution < 1.29 is 4.74 Å². The van der Waals surface area contributed by atoms with Crippen LogP contribution in [0.5, 0.6) is 5.75 Å². The standard InChI is InChI=1S/C27H22N2O/c1-20-16-23(12-14-26(20)30-19-21-8-4-2-5-9-21)25-18-29-17-24(13-15-27(29)28-25)22-10-6-3-7-11-22/h2-18H,19H2,1H3.